The first-order valence-electron chi connectivity index (χ1n) is 43.1. The fourth-order valence-electron chi connectivity index (χ4n) is 14.9. The van der Waals surface area contributed by atoms with Crippen LogP contribution in [0.4, 0.5) is 0 Å². The minimum Gasteiger partial charge on any atom is -0.487 e. The maximum absolute atomic E-state index is 14.5. The first-order chi connectivity index (χ1) is 54.8. The highest BCUT2D eigenvalue weighted by Gasteiger charge is 2.45. The van der Waals surface area contributed by atoms with Gasteiger partial charge < -0.3 is 119 Å². The standard InChI is InChI=1S/C54H99N5O22.C31H52O3.CH4/c1-5-24-74-29-30-75-28-18-44(66)58-37(14-6-10-19-55-41(63)15-7-11-25-76-52-34(2)45(67)48(70)38(31-60)79-52)51(73)59(22-20-56-42(64)16-8-12-26-77-53-35(3)46(68)49(71)39(32-61)80-53)23-21-57-43(65)17-9-13-27-78-54-36(4)47(69)50(72)40(33-62)81-54;1-21(2)13-10-14-22(3)15-11-16-23(4)17-12-19-31(9)20-18-28-26(7)29(33-27(8)32)24(5)25(6)30(28)34-31;/h34-40,45-50,52-54,60-62,67-72H,5-33H2,1-4H3,(H,55,63)(H,56,64)(H,57,65)(H,58,66);21-23H,10-20H2,1-9H3;1H4/t;22-,23-,31-;/m.1./s1. The summed E-state index contributed by atoms with van der Waals surface area (Å²) in [6, 6.07) is -1.01. The molecular weight excluding hydrogens is 1500 g/mol. The molecule has 674 valence electrons. The maximum atomic E-state index is 14.5. The van der Waals surface area contributed by atoms with Crippen molar-refractivity contribution >= 4 is 35.5 Å². The number of benzene rings is 1. The van der Waals surface area contributed by atoms with Crippen molar-refractivity contribution in [1.82, 2.24) is 26.2 Å². The lowest BCUT2D eigenvalue weighted by atomic mass is 9.83. The molecule has 30 heteroatoms. The minimum absolute atomic E-state index is 0. The molecule has 13 N–H and O–H groups in total. The summed E-state index contributed by atoms with van der Waals surface area (Å²) in [7, 11) is 0. The van der Waals surface area contributed by atoms with E-state index in [1.54, 1.807) is 20.8 Å². The molecule has 0 radical (unpaired) electrons. The van der Waals surface area contributed by atoms with Crippen LogP contribution >= 0.6 is 0 Å². The highest BCUT2D eigenvalue weighted by molar-refractivity contribution is 5.88. The SMILES string of the molecule is C.CC(=O)Oc1c(C)c(C)c2c(c1C)CC[C@@](C)(CCC[C@H](C)CCC[C@H](C)CCCC(C)C)O2.CCCOCCOCCC(=O)NC(CCCCNC(=O)CCCCOC1OC(CO)C(O)C(O)C1C)C(=O)N(CCNC(=O)CCCCOC1OC(CO)C(O)C(O)C1C)CCNC(=O)CCCCOC1OC(CO)C(O)C(O)C1C. The summed E-state index contributed by atoms with van der Waals surface area (Å²) in [6.07, 6.45) is 6.31. The predicted octanol–water partition coefficient (Wildman–Crippen LogP) is 7.13. The Kier molecular flexibility index (Phi) is 52.2. The molecule has 0 aliphatic carbocycles. The second-order valence-electron chi connectivity index (χ2n) is 33.2. The summed E-state index contributed by atoms with van der Waals surface area (Å²) < 4.78 is 57.3. The van der Waals surface area contributed by atoms with Gasteiger partial charge in [-0.3, -0.25) is 28.8 Å². The molecule has 3 saturated heterocycles. The number of carbonyl (C=O) groups is 6. The highest BCUT2D eigenvalue weighted by Crippen LogP contribution is 2.45. The van der Waals surface area contributed by atoms with Crippen LogP contribution in [0.15, 0.2) is 0 Å². The van der Waals surface area contributed by atoms with Crippen molar-refractivity contribution in [2.45, 2.75) is 343 Å². The Hall–Kier alpha value is -4.84. The van der Waals surface area contributed by atoms with E-state index in [9.17, 15) is 74.7 Å². The number of aliphatic hydroxyl groups is 9. The Balaban J connectivity index is 0.000000825. The van der Waals surface area contributed by atoms with Gasteiger partial charge in [0.2, 0.25) is 29.5 Å². The Morgan fingerprint density at radius 3 is 1.36 bits per heavy atom. The average molecular weight is 1660 g/mol. The van der Waals surface area contributed by atoms with Gasteiger partial charge in [0.05, 0.1) is 58.0 Å². The van der Waals surface area contributed by atoms with Crippen molar-refractivity contribution < 1.29 is 122 Å². The Morgan fingerprint density at radius 1 is 0.500 bits per heavy atom. The molecule has 0 bridgehead atoms. The molecular formula is C86H155N5O25. The summed E-state index contributed by atoms with van der Waals surface area (Å²) in [5, 5.41) is 101. The van der Waals surface area contributed by atoms with Gasteiger partial charge in [0.15, 0.2) is 18.9 Å². The first kappa shape index (κ1) is 105. The Morgan fingerprint density at radius 2 is 0.931 bits per heavy atom. The van der Waals surface area contributed by atoms with Crippen molar-refractivity contribution in [3.8, 4) is 11.5 Å². The van der Waals surface area contributed by atoms with E-state index in [0.29, 0.717) is 71.1 Å². The Bertz CT molecular complexity index is 2870. The second-order valence-corrected chi connectivity index (χ2v) is 33.2. The summed E-state index contributed by atoms with van der Waals surface area (Å²) >= 11 is 0. The quantitative estimate of drug-likeness (QED) is 0.0175. The molecule has 30 nitrogen and oxygen atoms in total. The number of amides is 5. The van der Waals surface area contributed by atoms with E-state index in [-0.39, 0.29) is 128 Å². The van der Waals surface area contributed by atoms with Gasteiger partial charge in [0, 0.05) is 115 Å². The van der Waals surface area contributed by atoms with E-state index in [1.165, 1.54) is 68.8 Å². The Labute approximate surface area is 692 Å². The van der Waals surface area contributed by atoms with Crippen LogP contribution in [0.25, 0.3) is 0 Å². The van der Waals surface area contributed by atoms with Crippen LogP contribution in [0.1, 0.15) is 253 Å². The molecule has 0 saturated carbocycles. The molecule has 1 aromatic carbocycles. The largest absolute Gasteiger partial charge is 0.487 e. The lowest BCUT2D eigenvalue weighted by Crippen LogP contribution is -2.55. The minimum atomic E-state index is -1.25. The summed E-state index contributed by atoms with van der Waals surface area (Å²) in [5.74, 6) is 0.666. The monoisotopic (exact) mass is 1660 g/mol. The summed E-state index contributed by atoms with van der Waals surface area (Å²) in [5.41, 5.74) is 4.29. The van der Waals surface area contributed by atoms with Crippen molar-refractivity contribution in [2.75, 3.05) is 98.8 Å². The molecule has 4 aliphatic heterocycles. The second kappa shape index (κ2) is 57.4. The predicted molar refractivity (Wildman–Crippen MR) is 439 cm³/mol. The molecule has 116 heavy (non-hydrogen) atoms. The van der Waals surface area contributed by atoms with Gasteiger partial charge in [-0.1, -0.05) is 108 Å². The number of aliphatic hydroxyl groups excluding tert-OH is 9. The zero-order valence-corrected chi connectivity index (χ0v) is 71.8. The van der Waals surface area contributed by atoms with Crippen molar-refractivity contribution in [3.63, 3.8) is 0 Å². The van der Waals surface area contributed by atoms with E-state index in [0.717, 1.165) is 71.6 Å². The average Bonchev–Trinajstić information content (AvgIpc) is 0.756. The smallest absolute Gasteiger partial charge is 0.308 e. The fraction of sp³-hybridized carbons (Fsp3) is 0.860. The fourth-order valence-corrected chi connectivity index (χ4v) is 14.9. The third kappa shape index (κ3) is 37.7. The third-order valence-corrected chi connectivity index (χ3v) is 22.7. The molecule has 3 fully saturated rings. The zero-order valence-electron chi connectivity index (χ0n) is 71.8. The van der Waals surface area contributed by atoms with Gasteiger partial charge in [-0.2, -0.15) is 0 Å². The lowest BCUT2D eigenvalue weighted by molar-refractivity contribution is -0.282. The molecule has 16 unspecified atom stereocenters. The molecule has 1 aromatic rings. The lowest BCUT2D eigenvalue weighted by Gasteiger charge is -2.40. The van der Waals surface area contributed by atoms with Gasteiger partial charge in [0.1, 0.15) is 59.8 Å². The van der Waals surface area contributed by atoms with E-state index in [4.69, 9.17) is 47.4 Å². The van der Waals surface area contributed by atoms with Crippen molar-refractivity contribution in [2.24, 2.45) is 35.5 Å². The normalized spacial score (nSPS) is 25.9. The van der Waals surface area contributed by atoms with E-state index in [1.807, 2.05) is 13.8 Å². The van der Waals surface area contributed by atoms with Crippen LogP contribution in [0.3, 0.4) is 0 Å². The van der Waals surface area contributed by atoms with E-state index < -0.39 is 129 Å². The van der Waals surface area contributed by atoms with Crippen molar-refractivity contribution in [1.29, 1.82) is 0 Å². The number of fused-ring (bicyclic) bond motifs is 1. The number of carbonyl (C=O) groups excluding carboxylic acids is 6. The van der Waals surface area contributed by atoms with Gasteiger partial charge in [-0.05, 0) is 152 Å². The first-order valence-corrected chi connectivity index (χ1v) is 43.1. The third-order valence-electron chi connectivity index (χ3n) is 22.7. The number of nitrogens with zero attached hydrogens (tertiary/aromatic N) is 1. The van der Waals surface area contributed by atoms with Crippen LogP contribution < -0.4 is 30.7 Å². The molecule has 19 atom stereocenters. The van der Waals surface area contributed by atoms with Crippen LogP contribution in [0.5, 0.6) is 11.5 Å². The van der Waals surface area contributed by atoms with Crippen molar-refractivity contribution in [3.05, 3.63) is 22.3 Å². The molecule has 4 aliphatic rings. The van der Waals surface area contributed by atoms with Crippen LogP contribution in [0, 0.1) is 56.3 Å². The number of hydrogen-bond acceptors (Lipinski definition) is 25. The van der Waals surface area contributed by atoms with Crippen LogP contribution in [-0.4, -0.2) is 271 Å². The highest BCUT2D eigenvalue weighted by atomic mass is 16.7. The zero-order chi connectivity index (χ0) is 85.2. The number of nitrogens with one attached hydrogen (secondary N) is 4. The molecule has 0 aromatic heterocycles. The number of hydrogen-bond donors (Lipinski definition) is 13. The van der Waals surface area contributed by atoms with Gasteiger partial charge >= 0.3 is 5.97 Å². The molecule has 5 rings (SSSR count). The topological polar surface area (TPSA) is 428 Å². The van der Waals surface area contributed by atoms with Gasteiger partial charge in [-0.15, -0.1) is 0 Å². The number of rotatable bonds is 55. The van der Waals surface area contributed by atoms with Crippen LogP contribution in [-0.2, 0) is 73.1 Å². The number of esters is 1. The molecule has 5 amide bonds. The van der Waals surface area contributed by atoms with Gasteiger partial charge in [0.25, 0.3) is 0 Å². The van der Waals surface area contributed by atoms with E-state index >= 15 is 0 Å². The maximum Gasteiger partial charge on any atom is 0.308 e. The van der Waals surface area contributed by atoms with Crippen LogP contribution in [0.2, 0.25) is 0 Å². The van der Waals surface area contributed by atoms with E-state index in [2.05, 4.69) is 69.7 Å². The molecule has 4 heterocycles. The molecule has 0 spiro atoms. The number of ether oxygens (including phenoxy) is 10. The van der Waals surface area contributed by atoms with Gasteiger partial charge in [-0.25, -0.2) is 0 Å². The number of unbranched alkanes of at least 4 members (excludes halogenated alkanes) is 4. The summed E-state index contributed by atoms with van der Waals surface area (Å²) in [6.45, 7) is 27.3. The summed E-state index contributed by atoms with van der Waals surface area (Å²) in [4.78, 5) is 79.5.